The van der Waals surface area contributed by atoms with Crippen LogP contribution >= 0.6 is 0 Å². The van der Waals surface area contributed by atoms with E-state index in [0.717, 1.165) is 11.1 Å². The van der Waals surface area contributed by atoms with E-state index in [-0.39, 0.29) is 12.2 Å². The highest BCUT2D eigenvalue weighted by molar-refractivity contribution is 6.06. The number of carbonyl (C=O) groups is 1. The van der Waals surface area contributed by atoms with Gasteiger partial charge in [0.2, 0.25) is 0 Å². The topological polar surface area (TPSA) is 85.2 Å². The molecule has 0 unspecified atom stereocenters. The molecule has 0 bridgehead atoms. The van der Waals surface area contributed by atoms with Crippen LogP contribution in [0.5, 0.6) is 0 Å². The normalized spacial score (nSPS) is 11.7. The lowest BCUT2D eigenvalue weighted by Gasteiger charge is -2.22. The minimum absolute atomic E-state index is 0.0449. The number of amides is 1. The van der Waals surface area contributed by atoms with Crippen molar-refractivity contribution in [2.45, 2.75) is 33.2 Å². The predicted molar refractivity (Wildman–Crippen MR) is 82.5 cm³/mol. The number of aliphatic hydroxyl groups is 1. The first kappa shape index (κ1) is 16.7. The smallest absolute Gasteiger partial charge is 0.267 e. The quantitative estimate of drug-likeness (QED) is 0.571. The lowest BCUT2D eigenvalue weighted by molar-refractivity contribution is -0.112. The number of benzene rings is 1. The molecule has 5 nitrogen and oxygen atoms in total. The number of carbonyl (C=O) groups excluding carboxylic acids is 1. The molecule has 0 atom stereocenters. The predicted octanol–water partition coefficient (Wildman–Crippen LogP) is 2.01. The van der Waals surface area contributed by atoms with Crippen molar-refractivity contribution in [3.63, 3.8) is 0 Å². The lowest BCUT2D eigenvalue weighted by atomic mass is 10.1. The summed E-state index contributed by atoms with van der Waals surface area (Å²) in [5, 5.41) is 23.8. The molecule has 1 aromatic carbocycles. The molecule has 0 aromatic heterocycles. The Balaban J connectivity index is 2.85. The zero-order valence-corrected chi connectivity index (χ0v) is 12.8. The summed E-state index contributed by atoms with van der Waals surface area (Å²) in [6.45, 7) is 7.29. The lowest BCUT2D eigenvalue weighted by Crippen LogP contribution is -2.39. The fourth-order valence-corrected chi connectivity index (χ4v) is 1.61. The van der Waals surface area contributed by atoms with E-state index in [1.54, 1.807) is 13.8 Å². The number of nitriles is 1. The first-order valence-corrected chi connectivity index (χ1v) is 6.66. The largest absolute Gasteiger partial charge is 0.394 e. The number of nitrogens with one attached hydrogen (secondary N) is 2. The number of rotatable bonds is 5. The van der Waals surface area contributed by atoms with E-state index in [1.165, 1.54) is 6.20 Å². The Labute approximate surface area is 125 Å². The highest BCUT2D eigenvalue weighted by Gasteiger charge is 2.16. The number of hydrogen-bond donors (Lipinski definition) is 3. The van der Waals surface area contributed by atoms with Crippen LogP contribution in [0.4, 0.5) is 5.69 Å². The summed E-state index contributed by atoms with van der Waals surface area (Å²) in [5.41, 5.74) is 2.07. The maximum absolute atomic E-state index is 12.1. The average molecular weight is 287 g/mol. The van der Waals surface area contributed by atoms with E-state index < -0.39 is 11.4 Å². The highest BCUT2D eigenvalue weighted by Crippen LogP contribution is 2.16. The van der Waals surface area contributed by atoms with Crippen LogP contribution < -0.4 is 10.6 Å². The van der Waals surface area contributed by atoms with Crippen LogP contribution in [0.1, 0.15) is 25.0 Å². The van der Waals surface area contributed by atoms with Crippen molar-refractivity contribution >= 4 is 11.6 Å². The molecule has 0 radical (unpaired) electrons. The van der Waals surface area contributed by atoms with Crippen molar-refractivity contribution in [2.75, 3.05) is 11.9 Å². The first-order valence-electron chi connectivity index (χ1n) is 6.66. The summed E-state index contributed by atoms with van der Waals surface area (Å²) in [4.78, 5) is 12.1. The van der Waals surface area contributed by atoms with Gasteiger partial charge < -0.3 is 15.7 Å². The molecule has 0 aliphatic rings. The van der Waals surface area contributed by atoms with E-state index >= 15 is 0 Å². The van der Waals surface area contributed by atoms with Gasteiger partial charge in [0.1, 0.15) is 11.6 Å². The third-order valence-electron chi connectivity index (χ3n) is 3.00. The van der Waals surface area contributed by atoms with Gasteiger partial charge in [-0.1, -0.05) is 17.7 Å². The van der Waals surface area contributed by atoms with Crippen LogP contribution in [0.2, 0.25) is 0 Å². The maximum atomic E-state index is 12.1. The van der Waals surface area contributed by atoms with Crippen molar-refractivity contribution in [3.05, 3.63) is 41.1 Å². The molecule has 5 heteroatoms. The van der Waals surface area contributed by atoms with E-state index in [9.17, 15) is 4.79 Å². The van der Waals surface area contributed by atoms with E-state index in [4.69, 9.17) is 10.4 Å². The SMILES string of the molecule is Cc1ccc(NC(=O)/C(C#N)=C\NC(C)(C)CO)c(C)c1. The van der Waals surface area contributed by atoms with Crippen LogP contribution in [0.25, 0.3) is 0 Å². The minimum atomic E-state index is -0.595. The Kier molecular flexibility index (Phi) is 5.51. The summed E-state index contributed by atoms with van der Waals surface area (Å²) >= 11 is 0. The Morgan fingerprint density at radius 3 is 2.62 bits per heavy atom. The van der Waals surface area contributed by atoms with Gasteiger partial charge in [0.25, 0.3) is 5.91 Å². The average Bonchev–Trinajstić information content (AvgIpc) is 2.42. The van der Waals surface area contributed by atoms with Crippen molar-refractivity contribution < 1.29 is 9.90 Å². The number of aryl methyl sites for hydroxylation is 2. The fourth-order valence-electron chi connectivity index (χ4n) is 1.61. The van der Waals surface area contributed by atoms with Gasteiger partial charge in [-0.15, -0.1) is 0 Å². The summed E-state index contributed by atoms with van der Waals surface area (Å²) in [5.74, 6) is -0.481. The Hall–Kier alpha value is -2.32. The van der Waals surface area contributed by atoms with Gasteiger partial charge in [-0.3, -0.25) is 4.79 Å². The van der Waals surface area contributed by atoms with Crippen molar-refractivity contribution in [3.8, 4) is 6.07 Å². The number of aliphatic hydroxyl groups excluding tert-OH is 1. The first-order chi connectivity index (χ1) is 9.79. The fraction of sp³-hybridized carbons (Fsp3) is 0.375. The van der Waals surface area contributed by atoms with Gasteiger partial charge in [-0.25, -0.2) is 0 Å². The van der Waals surface area contributed by atoms with Gasteiger partial charge in [0, 0.05) is 11.9 Å². The Bertz CT molecular complexity index is 598. The molecule has 1 amide bonds. The molecular formula is C16H21N3O2. The third-order valence-corrected chi connectivity index (χ3v) is 3.00. The molecule has 3 N–H and O–H groups in total. The van der Waals surface area contributed by atoms with Gasteiger partial charge in [0.05, 0.1) is 12.1 Å². The molecule has 0 spiro atoms. The second-order valence-corrected chi connectivity index (χ2v) is 5.63. The highest BCUT2D eigenvalue weighted by atomic mass is 16.3. The molecule has 0 heterocycles. The van der Waals surface area contributed by atoms with E-state index in [2.05, 4.69) is 10.6 Å². The molecule has 0 aliphatic heterocycles. The minimum Gasteiger partial charge on any atom is -0.394 e. The molecule has 0 saturated carbocycles. The van der Waals surface area contributed by atoms with Crippen LogP contribution in [-0.2, 0) is 4.79 Å². The number of nitrogens with zero attached hydrogens (tertiary/aromatic N) is 1. The molecular weight excluding hydrogens is 266 g/mol. The number of anilines is 1. The molecule has 1 aromatic rings. The zero-order valence-electron chi connectivity index (χ0n) is 12.8. The third kappa shape index (κ3) is 4.93. The maximum Gasteiger partial charge on any atom is 0.267 e. The van der Waals surface area contributed by atoms with Crippen molar-refractivity contribution in [2.24, 2.45) is 0 Å². The molecule has 21 heavy (non-hydrogen) atoms. The molecule has 112 valence electrons. The molecule has 0 aliphatic carbocycles. The van der Waals surface area contributed by atoms with Crippen LogP contribution in [0.3, 0.4) is 0 Å². The van der Waals surface area contributed by atoms with Gasteiger partial charge in [-0.05, 0) is 39.3 Å². The molecule has 1 rings (SSSR count). The second-order valence-electron chi connectivity index (χ2n) is 5.63. The zero-order chi connectivity index (χ0) is 16.0. The van der Waals surface area contributed by atoms with E-state index in [0.29, 0.717) is 5.69 Å². The Morgan fingerprint density at radius 2 is 2.10 bits per heavy atom. The second kappa shape index (κ2) is 6.91. The number of hydrogen-bond acceptors (Lipinski definition) is 4. The van der Waals surface area contributed by atoms with Gasteiger partial charge in [-0.2, -0.15) is 5.26 Å². The summed E-state index contributed by atoms with van der Waals surface area (Å²) in [6.07, 6.45) is 1.33. The van der Waals surface area contributed by atoms with Crippen LogP contribution in [0.15, 0.2) is 30.0 Å². The van der Waals surface area contributed by atoms with Crippen LogP contribution in [0, 0.1) is 25.2 Å². The Morgan fingerprint density at radius 1 is 1.43 bits per heavy atom. The summed E-state index contributed by atoms with van der Waals surface area (Å²) < 4.78 is 0. The standard InChI is InChI=1S/C16H21N3O2/c1-11-5-6-14(12(2)7-11)19-15(21)13(8-17)9-18-16(3,4)10-20/h5-7,9,18,20H,10H2,1-4H3,(H,19,21)/b13-9-. The van der Waals surface area contributed by atoms with Crippen molar-refractivity contribution in [1.82, 2.24) is 5.32 Å². The van der Waals surface area contributed by atoms with E-state index in [1.807, 2.05) is 38.1 Å². The summed E-state index contributed by atoms with van der Waals surface area (Å²) in [7, 11) is 0. The molecule has 0 saturated heterocycles. The van der Waals surface area contributed by atoms with Crippen molar-refractivity contribution in [1.29, 1.82) is 5.26 Å². The van der Waals surface area contributed by atoms with Crippen LogP contribution in [-0.4, -0.2) is 23.2 Å². The molecule has 0 fully saturated rings. The summed E-state index contributed by atoms with van der Waals surface area (Å²) in [6, 6.07) is 7.51. The van der Waals surface area contributed by atoms with Gasteiger partial charge >= 0.3 is 0 Å². The monoisotopic (exact) mass is 287 g/mol. The van der Waals surface area contributed by atoms with Gasteiger partial charge in [0.15, 0.2) is 0 Å².